The minimum absolute atomic E-state index is 0.150. The van der Waals surface area contributed by atoms with E-state index in [0.29, 0.717) is 12.6 Å². The number of hydrogen-bond donors (Lipinski definition) is 3. The molecule has 1 aromatic rings. The van der Waals surface area contributed by atoms with Crippen LogP contribution in [-0.2, 0) is 11.3 Å². The average molecular weight is 397 g/mol. The van der Waals surface area contributed by atoms with Gasteiger partial charge in [-0.1, -0.05) is 30.3 Å². The number of carbonyl (C=O) groups excluding carboxylic acids is 1. The number of nitriles is 1. The highest BCUT2D eigenvalue weighted by Crippen LogP contribution is 2.14. The van der Waals surface area contributed by atoms with Crippen molar-refractivity contribution >= 4 is 5.91 Å². The Hall–Kier alpha value is -2.40. The SMILES string of the molecule is N#C/C(=C/NC1CCN(Cc2ccccc2)CC1)C(=O)NCCN1CCNCC1. The third-order valence-corrected chi connectivity index (χ3v) is 5.59. The van der Waals surface area contributed by atoms with Crippen LogP contribution in [0, 0.1) is 11.3 Å². The first-order chi connectivity index (χ1) is 14.2. The van der Waals surface area contributed by atoms with Gasteiger partial charge in [0, 0.05) is 71.1 Å². The first-order valence-electron chi connectivity index (χ1n) is 10.6. The number of piperazine rings is 1. The Morgan fingerprint density at radius 3 is 2.55 bits per heavy atom. The van der Waals surface area contributed by atoms with Crippen molar-refractivity contribution in [1.82, 2.24) is 25.8 Å². The molecule has 29 heavy (non-hydrogen) atoms. The number of likely N-dealkylation sites (tertiary alicyclic amines) is 1. The smallest absolute Gasteiger partial charge is 0.263 e. The van der Waals surface area contributed by atoms with E-state index >= 15 is 0 Å². The standard InChI is InChI=1S/C22H32N6O/c23-16-20(22(29)25-10-15-27-13-8-24-9-14-27)17-26-21-6-11-28(12-7-21)18-19-4-2-1-3-5-19/h1-5,17,21,24,26H,6-15,18H2,(H,25,29)/b20-17-. The average Bonchev–Trinajstić information content (AvgIpc) is 2.77. The van der Waals surface area contributed by atoms with Gasteiger partial charge in [-0.15, -0.1) is 0 Å². The first-order valence-corrected chi connectivity index (χ1v) is 10.6. The lowest BCUT2D eigenvalue weighted by Gasteiger charge is -2.32. The van der Waals surface area contributed by atoms with E-state index in [2.05, 4.69) is 50.0 Å². The van der Waals surface area contributed by atoms with Crippen molar-refractivity contribution in [1.29, 1.82) is 5.26 Å². The van der Waals surface area contributed by atoms with Crippen LogP contribution in [0.1, 0.15) is 18.4 Å². The van der Waals surface area contributed by atoms with Gasteiger partial charge in [0.15, 0.2) is 0 Å². The molecule has 0 bridgehead atoms. The fourth-order valence-corrected chi connectivity index (χ4v) is 3.81. The summed E-state index contributed by atoms with van der Waals surface area (Å²) >= 11 is 0. The number of carbonyl (C=O) groups is 1. The van der Waals surface area contributed by atoms with E-state index in [4.69, 9.17) is 0 Å². The normalized spacial score (nSPS) is 19.5. The molecule has 7 heteroatoms. The Labute approximate surface area is 173 Å². The van der Waals surface area contributed by atoms with Crippen molar-refractivity contribution in [3.63, 3.8) is 0 Å². The summed E-state index contributed by atoms with van der Waals surface area (Å²) in [6.45, 7) is 8.37. The molecule has 2 aliphatic rings. The molecule has 0 aromatic heterocycles. The number of benzene rings is 1. The summed E-state index contributed by atoms with van der Waals surface area (Å²) in [4.78, 5) is 17.0. The van der Waals surface area contributed by atoms with Crippen LogP contribution in [0.2, 0.25) is 0 Å². The van der Waals surface area contributed by atoms with Crippen molar-refractivity contribution in [3.05, 3.63) is 47.7 Å². The number of piperidine rings is 1. The molecule has 1 amide bonds. The molecule has 2 aliphatic heterocycles. The van der Waals surface area contributed by atoms with E-state index in [-0.39, 0.29) is 11.5 Å². The van der Waals surface area contributed by atoms with Crippen LogP contribution in [0.15, 0.2) is 42.1 Å². The number of nitrogens with one attached hydrogen (secondary N) is 3. The van der Waals surface area contributed by atoms with E-state index in [1.807, 2.05) is 12.1 Å². The van der Waals surface area contributed by atoms with E-state index in [9.17, 15) is 10.1 Å². The van der Waals surface area contributed by atoms with E-state index in [1.54, 1.807) is 6.20 Å². The second-order valence-electron chi connectivity index (χ2n) is 7.72. The van der Waals surface area contributed by atoms with E-state index in [0.717, 1.165) is 65.2 Å². The maximum Gasteiger partial charge on any atom is 0.263 e. The van der Waals surface area contributed by atoms with Crippen LogP contribution in [0.5, 0.6) is 0 Å². The second-order valence-corrected chi connectivity index (χ2v) is 7.72. The number of amides is 1. The quantitative estimate of drug-likeness (QED) is 0.443. The molecular weight excluding hydrogens is 364 g/mol. The highest BCUT2D eigenvalue weighted by atomic mass is 16.1. The molecule has 0 unspecified atom stereocenters. The van der Waals surface area contributed by atoms with Gasteiger partial charge in [-0.05, 0) is 18.4 Å². The molecule has 2 fully saturated rings. The van der Waals surface area contributed by atoms with Gasteiger partial charge >= 0.3 is 0 Å². The molecule has 0 atom stereocenters. The summed E-state index contributed by atoms with van der Waals surface area (Å²) in [5.41, 5.74) is 1.49. The van der Waals surface area contributed by atoms with Crippen LogP contribution in [0.25, 0.3) is 0 Å². The summed E-state index contributed by atoms with van der Waals surface area (Å²) < 4.78 is 0. The fraction of sp³-hybridized carbons (Fsp3) is 0.545. The maximum atomic E-state index is 12.3. The first kappa shape index (κ1) is 21.3. The third kappa shape index (κ3) is 7.17. The Balaban J connectivity index is 1.36. The summed E-state index contributed by atoms with van der Waals surface area (Å²) in [7, 11) is 0. The van der Waals surface area contributed by atoms with Gasteiger partial charge < -0.3 is 16.0 Å². The second kappa shape index (κ2) is 11.6. The summed E-state index contributed by atoms with van der Waals surface area (Å²) in [5, 5.41) is 18.8. The van der Waals surface area contributed by atoms with Crippen molar-refractivity contribution in [2.45, 2.75) is 25.4 Å². The van der Waals surface area contributed by atoms with E-state index in [1.165, 1.54) is 5.56 Å². The van der Waals surface area contributed by atoms with Gasteiger partial charge in [0.2, 0.25) is 0 Å². The third-order valence-electron chi connectivity index (χ3n) is 5.59. The molecule has 0 saturated carbocycles. The van der Waals surface area contributed by atoms with Gasteiger partial charge in [-0.2, -0.15) is 5.26 Å². The highest BCUT2D eigenvalue weighted by Gasteiger charge is 2.19. The number of hydrogen-bond acceptors (Lipinski definition) is 6. The summed E-state index contributed by atoms with van der Waals surface area (Å²) in [6.07, 6.45) is 3.61. The predicted octanol–water partition coefficient (Wildman–Crippen LogP) is 0.669. The van der Waals surface area contributed by atoms with Crippen molar-refractivity contribution in [3.8, 4) is 6.07 Å². The molecular formula is C22H32N6O. The molecule has 0 spiro atoms. The van der Waals surface area contributed by atoms with Gasteiger partial charge in [-0.3, -0.25) is 14.6 Å². The lowest BCUT2D eigenvalue weighted by atomic mass is 10.0. The predicted molar refractivity (Wildman–Crippen MR) is 114 cm³/mol. The summed E-state index contributed by atoms with van der Waals surface area (Å²) in [5.74, 6) is -0.295. The van der Waals surface area contributed by atoms with Crippen LogP contribution in [0.4, 0.5) is 0 Å². The molecule has 2 saturated heterocycles. The molecule has 0 aliphatic carbocycles. The molecule has 156 valence electrons. The summed E-state index contributed by atoms with van der Waals surface area (Å²) in [6, 6.07) is 12.8. The zero-order chi connectivity index (χ0) is 20.3. The minimum atomic E-state index is -0.295. The lowest BCUT2D eigenvalue weighted by molar-refractivity contribution is -0.117. The Kier molecular flexibility index (Phi) is 8.50. The molecule has 1 aromatic carbocycles. The zero-order valence-corrected chi connectivity index (χ0v) is 17.1. The molecule has 7 nitrogen and oxygen atoms in total. The maximum absolute atomic E-state index is 12.3. The topological polar surface area (TPSA) is 83.4 Å². The van der Waals surface area contributed by atoms with Crippen molar-refractivity contribution < 1.29 is 4.79 Å². The van der Waals surface area contributed by atoms with Crippen LogP contribution >= 0.6 is 0 Å². The van der Waals surface area contributed by atoms with Crippen molar-refractivity contribution in [2.24, 2.45) is 0 Å². The van der Waals surface area contributed by atoms with Crippen LogP contribution in [0.3, 0.4) is 0 Å². The Morgan fingerprint density at radius 1 is 1.14 bits per heavy atom. The molecule has 0 radical (unpaired) electrons. The highest BCUT2D eigenvalue weighted by molar-refractivity contribution is 5.97. The zero-order valence-electron chi connectivity index (χ0n) is 17.1. The Bertz CT molecular complexity index is 700. The lowest BCUT2D eigenvalue weighted by Crippen LogP contribution is -2.46. The fourth-order valence-electron chi connectivity index (χ4n) is 3.81. The van der Waals surface area contributed by atoms with Gasteiger partial charge in [0.1, 0.15) is 11.6 Å². The molecule has 2 heterocycles. The number of nitrogens with zero attached hydrogens (tertiary/aromatic N) is 3. The van der Waals surface area contributed by atoms with E-state index < -0.39 is 0 Å². The van der Waals surface area contributed by atoms with Crippen LogP contribution < -0.4 is 16.0 Å². The molecule has 3 rings (SSSR count). The van der Waals surface area contributed by atoms with Gasteiger partial charge in [0.05, 0.1) is 0 Å². The Morgan fingerprint density at radius 2 is 1.86 bits per heavy atom. The number of rotatable bonds is 8. The van der Waals surface area contributed by atoms with Crippen molar-refractivity contribution in [2.75, 3.05) is 52.4 Å². The van der Waals surface area contributed by atoms with Crippen LogP contribution in [-0.4, -0.2) is 74.1 Å². The molecule has 3 N–H and O–H groups in total. The van der Waals surface area contributed by atoms with Gasteiger partial charge in [-0.25, -0.2) is 0 Å². The minimum Gasteiger partial charge on any atom is -0.387 e. The largest absolute Gasteiger partial charge is 0.387 e. The monoisotopic (exact) mass is 396 g/mol. The van der Waals surface area contributed by atoms with Gasteiger partial charge in [0.25, 0.3) is 5.91 Å².